The van der Waals surface area contributed by atoms with Gasteiger partial charge in [-0.05, 0) is 50.4 Å². The van der Waals surface area contributed by atoms with Crippen LogP contribution in [0.1, 0.15) is 57.4 Å². The van der Waals surface area contributed by atoms with E-state index in [1.54, 1.807) is 12.1 Å². The van der Waals surface area contributed by atoms with Gasteiger partial charge in [0, 0.05) is 25.1 Å². The zero-order valence-electron chi connectivity index (χ0n) is 18.9. The normalized spacial score (nSPS) is 15.3. The molecule has 0 bridgehead atoms. The van der Waals surface area contributed by atoms with E-state index in [2.05, 4.69) is 20.2 Å². The van der Waals surface area contributed by atoms with E-state index in [-0.39, 0.29) is 18.2 Å². The zero-order valence-corrected chi connectivity index (χ0v) is 18.9. The number of aromatic hydroxyl groups is 1. The van der Waals surface area contributed by atoms with Gasteiger partial charge in [0.2, 0.25) is 0 Å². The number of nitrogen functional groups attached to an aromatic ring is 1. The summed E-state index contributed by atoms with van der Waals surface area (Å²) < 4.78 is 1.99. The molecule has 0 spiro atoms. The summed E-state index contributed by atoms with van der Waals surface area (Å²) in [7, 11) is 0. The number of hydrogen-bond donors (Lipinski definition) is 3. The molecule has 0 atom stereocenters. The van der Waals surface area contributed by atoms with E-state index in [1.165, 1.54) is 0 Å². The Hall–Kier alpha value is -3.20. The molecule has 0 aliphatic carbocycles. The Morgan fingerprint density at radius 3 is 2.55 bits per heavy atom. The molecule has 4 rings (SSSR count). The molecule has 0 amide bonds. The van der Waals surface area contributed by atoms with Gasteiger partial charge >= 0.3 is 5.97 Å². The lowest BCUT2D eigenvalue weighted by Gasteiger charge is -2.32. The molecule has 1 aliphatic rings. The van der Waals surface area contributed by atoms with Crippen molar-refractivity contribution in [1.82, 2.24) is 24.9 Å². The van der Waals surface area contributed by atoms with Gasteiger partial charge in [0.25, 0.3) is 0 Å². The standard InChI is InChI=1S/C24H32N6O3/c25-24-23-20(16-19(26-27-23)18-8-5-6-9-21(18)31)30(28-24)17-11-14-29(15-12-17)13-7-3-1-2-4-10-22(32)33/h5-6,8-9,16-17,31H,1-4,7,10-15H2,(H2,25,28)(H,32,33). The number of unbranched alkanes of at least 4 members (excludes halogenated alkanes) is 4. The van der Waals surface area contributed by atoms with E-state index in [4.69, 9.17) is 10.8 Å². The minimum atomic E-state index is -0.703. The highest BCUT2D eigenvalue weighted by Gasteiger charge is 2.24. The number of aliphatic carboxylic acids is 1. The number of aromatic nitrogens is 4. The number of anilines is 1. The lowest BCUT2D eigenvalue weighted by atomic mass is 10.0. The summed E-state index contributed by atoms with van der Waals surface area (Å²) >= 11 is 0. The minimum absolute atomic E-state index is 0.167. The Balaban J connectivity index is 1.34. The van der Waals surface area contributed by atoms with Crippen molar-refractivity contribution < 1.29 is 15.0 Å². The molecule has 1 fully saturated rings. The number of hydrogen-bond acceptors (Lipinski definition) is 7. The van der Waals surface area contributed by atoms with Gasteiger partial charge in [-0.2, -0.15) is 5.10 Å². The highest BCUT2D eigenvalue weighted by atomic mass is 16.4. The monoisotopic (exact) mass is 452 g/mol. The number of carbonyl (C=O) groups is 1. The largest absolute Gasteiger partial charge is 0.507 e. The average Bonchev–Trinajstić information content (AvgIpc) is 3.15. The maximum Gasteiger partial charge on any atom is 0.303 e. The fraction of sp³-hybridized carbons (Fsp3) is 0.500. The second-order valence-corrected chi connectivity index (χ2v) is 8.79. The predicted molar refractivity (Wildman–Crippen MR) is 127 cm³/mol. The lowest BCUT2D eigenvalue weighted by Crippen LogP contribution is -2.35. The predicted octanol–water partition coefficient (Wildman–Crippen LogP) is 3.84. The number of benzene rings is 1. The molecule has 3 aromatic rings. The number of nitrogens with two attached hydrogens (primary N) is 1. The van der Waals surface area contributed by atoms with Crippen LogP contribution >= 0.6 is 0 Å². The van der Waals surface area contributed by atoms with Gasteiger partial charge in [-0.1, -0.05) is 31.4 Å². The summed E-state index contributed by atoms with van der Waals surface area (Å²) in [4.78, 5) is 13.1. The molecule has 0 unspecified atom stereocenters. The molecule has 1 aliphatic heterocycles. The van der Waals surface area contributed by atoms with Gasteiger partial charge in [0.05, 0.1) is 17.3 Å². The van der Waals surface area contributed by atoms with Crippen LogP contribution in [0.3, 0.4) is 0 Å². The Bertz CT molecular complexity index is 1090. The van der Waals surface area contributed by atoms with Gasteiger partial charge in [-0.3, -0.25) is 9.48 Å². The number of fused-ring (bicyclic) bond motifs is 1. The number of rotatable bonds is 10. The van der Waals surface area contributed by atoms with Gasteiger partial charge in [0.15, 0.2) is 11.3 Å². The van der Waals surface area contributed by atoms with Crippen LogP contribution in [-0.4, -0.2) is 60.7 Å². The fourth-order valence-corrected chi connectivity index (χ4v) is 4.59. The highest BCUT2D eigenvalue weighted by Crippen LogP contribution is 2.32. The topological polar surface area (TPSA) is 130 Å². The first kappa shape index (κ1) is 23.0. The number of phenolic OH excluding ortho intramolecular Hbond substituents is 1. The van der Waals surface area contributed by atoms with E-state index < -0.39 is 5.97 Å². The second-order valence-electron chi connectivity index (χ2n) is 8.79. The molecule has 1 saturated heterocycles. The van der Waals surface area contributed by atoms with Crippen molar-refractivity contribution in [2.45, 2.75) is 57.4 Å². The number of phenols is 1. The van der Waals surface area contributed by atoms with Crippen LogP contribution in [0.2, 0.25) is 0 Å². The Labute approximate surface area is 193 Å². The van der Waals surface area contributed by atoms with E-state index in [1.807, 2.05) is 22.9 Å². The van der Waals surface area contributed by atoms with Crippen molar-refractivity contribution in [3.63, 3.8) is 0 Å². The molecule has 9 nitrogen and oxygen atoms in total. The Morgan fingerprint density at radius 1 is 1.06 bits per heavy atom. The third-order valence-electron chi connectivity index (χ3n) is 6.43. The summed E-state index contributed by atoms with van der Waals surface area (Å²) in [6.07, 6.45) is 7.42. The molecule has 4 N–H and O–H groups in total. The van der Waals surface area contributed by atoms with Crippen LogP contribution in [-0.2, 0) is 4.79 Å². The summed E-state index contributed by atoms with van der Waals surface area (Å²) in [5, 5.41) is 32.0. The zero-order chi connectivity index (χ0) is 23.2. The van der Waals surface area contributed by atoms with Crippen LogP contribution in [0.25, 0.3) is 22.3 Å². The van der Waals surface area contributed by atoms with Crippen LogP contribution in [0.15, 0.2) is 30.3 Å². The van der Waals surface area contributed by atoms with Gasteiger partial charge in [0.1, 0.15) is 5.75 Å². The van der Waals surface area contributed by atoms with Crippen molar-refractivity contribution in [1.29, 1.82) is 0 Å². The van der Waals surface area contributed by atoms with Crippen LogP contribution in [0.5, 0.6) is 5.75 Å². The maximum absolute atomic E-state index is 10.6. The smallest absolute Gasteiger partial charge is 0.303 e. The van der Waals surface area contributed by atoms with Gasteiger partial charge in [-0.15, -0.1) is 10.2 Å². The van der Waals surface area contributed by atoms with Crippen molar-refractivity contribution >= 4 is 22.8 Å². The number of nitrogens with zero attached hydrogens (tertiary/aromatic N) is 5. The lowest BCUT2D eigenvalue weighted by molar-refractivity contribution is -0.137. The van der Waals surface area contributed by atoms with E-state index in [0.29, 0.717) is 22.6 Å². The Kier molecular flexibility index (Phi) is 7.39. The summed E-state index contributed by atoms with van der Waals surface area (Å²) in [6, 6.07) is 9.26. The number of para-hydroxylation sites is 1. The van der Waals surface area contributed by atoms with Crippen LogP contribution in [0, 0.1) is 0 Å². The fourth-order valence-electron chi connectivity index (χ4n) is 4.59. The quantitative estimate of drug-likeness (QED) is 0.396. The van der Waals surface area contributed by atoms with Crippen molar-refractivity contribution in [3.05, 3.63) is 30.3 Å². The SMILES string of the molecule is Nc1nn(C2CCN(CCCCCCCC(=O)O)CC2)c2cc(-c3ccccc3O)nnc12. The van der Waals surface area contributed by atoms with Crippen LogP contribution < -0.4 is 5.73 Å². The minimum Gasteiger partial charge on any atom is -0.507 e. The summed E-state index contributed by atoms with van der Waals surface area (Å²) in [5.41, 5.74) is 8.81. The molecule has 1 aromatic carbocycles. The third kappa shape index (κ3) is 5.60. The van der Waals surface area contributed by atoms with E-state index >= 15 is 0 Å². The van der Waals surface area contributed by atoms with Gasteiger partial charge in [-0.25, -0.2) is 0 Å². The first-order chi connectivity index (χ1) is 16.0. The first-order valence-corrected chi connectivity index (χ1v) is 11.8. The van der Waals surface area contributed by atoms with E-state index in [9.17, 15) is 9.90 Å². The number of piperidine rings is 1. The average molecular weight is 453 g/mol. The first-order valence-electron chi connectivity index (χ1n) is 11.8. The molecule has 3 heterocycles. The van der Waals surface area contributed by atoms with Crippen molar-refractivity contribution in [3.8, 4) is 17.0 Å². The maximum atomic E-state index is 10.6. The molecular formula is C24H32N6O3. The molecule has 33 heavy (non-hydrogen) atoms. The molecule has 0 saturated carbocycles. The molecule has 0 radical (unpaired) electrons. The number of likely N-dealkylation sites (tertiary alicyclic amines) is 1. The molecule has 2 aromatic heterocycles. The highest BCUT2D eigenvalue weighted by molar-refractivity contribution is 5.87. The number of carboxylic acid groups (broad SMARTS) is 1. The number of carboxylic acids is 1. The molecule has 176 valence electrons. The van der Waals surface area contributed by atoms with Crippen molar-refractivity contribution in [2.75, 3.05) is 25.4 Å². The summed E-state index contributed by atoms with van der Waals surface area (Å²) in [5.74, 6) is -0.155. The van der Waals surface area contributed by atoms with Crippen LogP contribution in [0.4, 0.5) is 5.82 Å². The summed E-state index contributed by atoms with van der Waals surface area (Å²) in [6.45, 7) is 3.10. The third-order valence-corrected chi connectivity index (χ3v) is 6.43. The van der Waals surface area contributed by atoms with E-state index in [0.717, 1.165) is 70.1 Å². The van der Waals surface area contributed by atoms with Gasteiger partial charge < -0.3 is 20.8 Å². The molecule has 9 heteroatoms. The Morgan fingerprint density at radius 2 is 1.79 bits per heavy atom. The van der Waals surface area contributed by atoms with Crippen molar-refractivity contribution in [2.24, 2.45) is 0 Å². The molecular weight excluding hydrogens is 420 g/mol. The second kappa shape index (κ2) is 10.6.